The SMILES string of the molecule is CC(C)c1csc(Cc2c[nH]c3ccccc23)n1. The molecule has 1 N–H and O–H groups in total. The number of aromatic nitrogens is 2. The van der Waals surface area contributed by atoms with Gasteiger partial charge in [-0.15, -0.1) is 11.3 Å². The van der Waals surface area contributed by atoms with Crippen LogP contribution in [0.15, 0.2) is 35.8 Å². The second-order valence-corrected chi connectivity index (χ2v) is 5.80. The van der Waals surface area contributed by atoms with Crippen molar-refractivity contribution in [1.82, 2.24) is 9.97 Å². The van der Waals surface area contributed by atoms with Crippen LogP contribution in [0.4, 0.5) is 0 Å². The summed E-state index contributed by atoms with van der Waals surface area (Å²) in [4.78, 5) is 8.01. The summed E-state index contributed by atoms with van der Waals surface area (Å²) >= 11 is 1.76. The quantitative estimate of drug-likeness (QED) is 0.742. The fraction of sp³-hybridized carbons (Fsp3) is 0.267. The maximum atomic E-state index is 4.70. The molecule has 0 fully saturated rings. The lowest BCUT2D eigenvalue weighted by Crippen LogP contribution is -1.90. The fourth-order valence-corrected chi connectivity index (χ4v) is 3.09. The van der Waals surface area contributed by atoms with Gasteiger partial charge >= 0.3 is 0 Å². The Morgan fingerprint density at radius 3 is 2.89 bits per heavy atom. The predicted octanol–water partition coefficient (Wildman–Crippen LogP) is 4.34. The Balaban J connectivity index is 1.91. The third kappa shape index (κ3) is 2.06. The summed E-state index contributed by atoms with van der Waals surface area (Å²) in [6.45, 7) is 4.37. The van der Waals surface area contributed by atoms with Crippen LogP contribution in [0.3, 0.4) is 0 Å². The minimum absolute atomic E-state index is 0.512. The van der Waals surface area contributed by atoms with Gasteiger partial charge in [0.2, 0.25) is 0 Å². The molecule has 18 heavy (non-hydrogen) atoms. The van der Waals surface area contributed by atoms with Crippen molar-refractivity contribution >= 4 is 22.2 Å². The van der Waals surface area contributed by atoms with E-state index in [1.807, 2.05) is 0 Å². The van der Waals surface area contributed by atoms with Gasteiger partial charge in [0.15, 0.2) is 0 Å². The Morgan fingerprint density at radius 2 is 2.11 bits per heavy atom. The Kier molecular flexibility index (Phi) is 2.92. The minimum Gasteiger partial charge on any atom is -0.361 e. The second-order valence-electron chi connectivity index (χ2n) is 4.86. The highest BCUT2D eigenvalue weighted by atomic mass is 32.1. The average Bonchev–Trinajstić information content (AvgIpc) is 2.98. The zero-order chi connectivity index (χ0) is 12.5. The molecule has 0 saturated heterocycles. The van der Waals surface area contributed by atoms with Crippen LogP contribution in [0.5, 0.6) is 0 Å². The van der Waals surface area contributed by atoms with E-state index in [1.54, 1.807) is 11.3 Å². The first kappa shape index (κ1) is 11.5. The van der Waals surface area contributed by atoms with E-state index in [9.17, 15) is 0 Å². The van der Waals surface area contributed by atoms with Crippen LogP contribution in [0.2, 0.25) is 0 Å². The van der Waals surface area contributed by atoms with Gasteiger partial charge in [-0.25, -0.2) is 4.98 Å². The number of hydrogen-bond acceptors (Lipinski definition) is 2. The summed E-state index contributed by atoms with van der Waals surface area (Å²) in [5.74, 6) is 0.512. The normalized spacial score (nSPS) is 11.5. The number of H-pyrrole nitrogens is 1. The first-order chi connectivity index (χ1) is 8.74. The van der Waals surface area contributed by atoms with Crippen LogP contribution in [0.1, 0.15) is 36.0 Å². The summed E-state index contributed by atoms with van der Waals surface area (Å²) in [6.07, 6.45) is 3.02. The minimum atomic E-state index is 0.512. The van der Waals surface area contributed by atoms with Gasteiger partial charge in [-0.1, -0.05) is 32.0 Å². The number of fused-ring (bicyclic) bond motifs is 1. The third-order valence-electron chi connectivity index (χ3n) is 3.18. The zero-order valence-corrected chi connectivity index (χ0v) is 11.4. The van der Waals surface area contributed by atoms with Crippen molar-refractivity contribution in [2.75, 3.05) is 0 Å². The van der Waals surface area contributed by atoms with E-state index in [2.05, 4.69) is 54.7 Å². The molecule has 3 heteroatoms. The van der Waals surface area contributed by atoms with Crippen molar-refractivity contribution in [3.8, 4) is 0 Å². The molecule has 3 aromatic rings. The molecule has 0 aliphatic carbocycles. The number of benzene rings is 1. The number of nitrogens with one attached hydrogen (secondary N) is 1. The molecule has 0 atom stereocenters. The summed E-state index contributed by atoms with van der Waals surface area (Å²) in [5, 5.41) is 4.68. The molecule has 0 unspecified atom stereocenters. The molecule has 0 spiro atoms. The number of nitrogens with zero attached hydrogens (tertiary/aromatic N) is 1. The van der Waals surface area contributed by atoms with E-state index >= 15 is 0 Å². The highest BCUT2D eigenvalue weighted by Gasteiger charge is 2.09. The van der Waals surface area contributed by atoms with Crippen LogP contribution in [-0.2, 0) is 6.42 Å². The predicted molar refractivity (Wildman–Crippen MR) is 77.3 cm³/mol. The number of thiazole rings is 1. The summed E-state index contributed by atoms with van der Waals surface area (Å²) in [5.41, 5.74) is 3.73. The van der Waals surface area contributed by atoms with E-state index in [0.29, 0.717) is 5.92 Å². The lowest BCUT2D eigenvalue weighted by molar-refractivity contribution is 0.825. The van der Waals surface area contributed by atoms with Crippen LogP contribution < -0.4 is 0 Å². The smallest absolute Gasteiger partial charge is 0.0973 e. The van der Waals surface area contributed by atoms with Gasteiger partial charge in [-0.05, 0) is 17.5 Å². The molecule has 2 aromatic heterocycles. The molecule has 2 nitrogen and oxygen atoms in total. The van der Waals surface area contributed by atoms with Gasteiger partial charge in [-0.2, -0.15) is 0 Å². The molecule has 0 saturated carbocycles. The zero-order valence-electron chi connectivity index (χ0n) is 10.6. The molecule has 0 aliphatic heterocycles. The Morgan fingerprint density at radius 1 is 1.28 bits per heavy atom. The van der Waals surface area contributed by atoms with Gasteiger partial charge < -0.3 is 4.98 Å². The number of rotatable bonds is 3. The number of para-hydroxylation sites is 1. The summed E-state index contributed by atoms with van der Waals surface area (Å²) in [7, 11) is 0. The average molecular weight is 256 g/mol. The highest BCUT2D eigenvalue weighted by molar-refractivity contribution is 7.09. The molecular formula is C15H16N2S. The summed E-state index contributed by atoms with van der Waals surface area (Å²) in [6, 6.07) is 8.42. The third-order valence-corrected chi connectivity index (χ3v) is 4.04. The Hall–Kier alpha value is -1.61. The topological polar surface area (TPSA) is 28.7 Å². The van der Waals surface area contributed by atoms with Gasteiger partial charge in [0.05, 0.1) is 10.7 Å². The number of aromatic amines is 1. The van der Waals surface area contributed by atoms with Crippen LogP contribution in [0, 0.1) is 0 Å². The van der Waals surface area contributed by atoms with Crippen molar-refractivity contribution in [3.63, 3.8) is 0 Å². The highest BCUT2D eigenvalue weighted by Crippen LogP contribution is 2.24. The maximum absolute atomic E-state index is 4.70. The second kappa shape index (κ2) is 4.58. The fourth-order valence-electron chi connectivity index (χ4n) is 2.11. The van der Waals surface area contributed by atoms with Gasteiger partial charge in [0, 0.05) is 28.9 Å². The van der Waals surface area contributed by atoms with Crippen molar-refractivity contribution < 1.29 is 0 Å². The Labute approximate surface area is 111 Å². The molecule has 92 valence electrons. The first-order valence-corrected chi connectivity index (χ1v) is 7.11. The molecule has 0 aliphatic rings. The lowest BCUT2D eigenvalue weighted by atomic mass is 10.1. The van der Waals surface area contributed by atoms with E-state index in [-0.39, 0.29) is 0 Å². The van der Waals surface area contributed by atoms with E-state index in [4.69, 9.17) is 4.98 Å². The van der Waals surface area contributed by atoms with Crippen molar-refractivity contribution in [2.45, 2.75) is 26.2 Å². The van der Waals surface area contributed by atoms with Gasteiger partial charge in [0.1, 0.15) is 0 Å². The Bertz CT molecular complexity index is 664. The number of hydrogen-bond donors (Lipinski definition) is 1. The first-order valence-electron chi connectivity index (χ1n) is 6.23. The van der Waals surface area contributed by atoms with Gasteiger partial charge in [-0.3, -0.25) is 0 Å². The van der Waals surface area contributed by atoms with Crippen LogP contribution >= 0.6 is 11.3 Å². The monoisotopic (exact) mass is 256 g/mol. The van der Waals surface area contributed by atoms with Crippen LogP contribution in [0.25, 0.3) is 10.9 Å². The van der Waals surface area contributed by atoms with Crippen LogP contribution in [-0.4, -0.2) is 9.97 Å². The lowest BCUT2D eigenvalue weighted by Gasteiger charge is -1.98. The molecule has 0 amide bonds. The van der Waals surface area contributed by atoms with E-state index < -0.39 is 0 Å². The van der Waals surface area contributed by atoms with E-state index in [0.717, 1.165) is 6.42 Å². The standard InChI is InChI=1S/C15H16N2S/c1-10(2)14-9-18-15(17-14)7-11-8-16-13-6-4-3-5-12(11)13/h3-6,8-10,16H,7H2,1-2H3. The molecule has 2 heterocycles. The van der Waals surface area contributed by atoms with Crippen molar-refractivity contribution in [2.24, 2.45) is 0 Å². The maximum Gasteiger partial charge on any atom is 0.0973 e. The molecule has 0 radical (unpaired) electrons. The summed E-state index contributed by atoms with van der Waals surface area (Å²) < 4.78 is 0. The van der Waals surface area contributed by atoms with Crippen molar-refractivity contribution in [1.29, 1.82) is 0 Å². The molecule has 3 rings (SSSR count). The van der Waals surface area contributed by atoms with Gasteiger partial charge in [0.25, 0.3) is 0 Å². The molecule has 0 bridgehead atoms. The molecule has 1 aromatic carbocycles. The van der Waals surface area contributed by atoms with Crippen molar-refractivity contribution in [3.05, 3.63) is 52.1 Å². The molecular weight excluding hydrogens is 240 g/mol. The van der Waals surface area contributed by atoms with E-state index in [1.165, 1.54) is 27.2 Å². The largest absolute Gasteiger partial charge is 0.361 e.